The molecule has 100 valence electrons. The van der Waals surface area contributed by atoms with Gasteiger partial charge < -0.3 is 10.2 Å². The number of halogens is 2. The molecule has 0 fully saturated rings. The molecule has 0 saturated carbocycles. The standard InChI is InChI=1S/C15H16BrClN2/c1-19(2)13-6-3-11(4-7-13)10-18-15-8-5-12(16)9-14(15)17/h3-9,18H,10H2,1-2H3. The van der Waals surface area contributed by atoms with Crippen molar-refractivity contribution in [1.29, 1.82) is 0 Å². The van der Waals surface area contributed by atoms with Gasteiger partial charge in [0.25, 0.3) is 0 Å². The van der Waals surface area contributed by atoms with E-state index in [0.29, 0.717) is 0 Å². The summed E-state index contributed by atoms with van der Waals surface area (Å²) in [5.74, 6) is 0. The van der Waals surface area contributed by atoms with E-state index >= 15 is 0 Å². The molecule has 19 heavy (non-hydrogen) atoms. The Morgan fingerprint density at radius 2 is 1.79 bits per heavy atom. The molecule has 0 spiro atoms. The molecule has 0 aliphatic carbocycles. The van der Waals surface area contributed by atoms with Crippen LogP contribution in [0.2, 0.25) is 5.02 Å². The van der Waals surface area contributed by atoms with Crippen molar-refractivity contribution < 1.29 is 0 Å². The number of benzene rings is 2. The Kier molecular flexibility index (Phi) is 4.72. The highest BCUT2D eigenvalue weighted by Crippen LogP contribution is 2.26. The van der Waals surface area contributed by atoms with Crippen LogP contribution in [0.1, 0.15) is 5.56 Å². The summed E-state index contributed by atoms with van der Waals surface area (Å²) in [5.41, 5.74) is 3.37. The minimum absolute atomic E-state index is 0.722. The molecule has 2 aromatic rings. The van der Waals surface area contributed by atoms with E-state index in [-0.39, 0.29) is 0 Å². The fourth-order valence-electron chi connectivity index (χ4n) is 1.74. The molecule has 0 aliphatic rings. The molecule has 0 saturated heterocycles. The minimum Gasteiger partial charge on any atom is -0.380 e. The summed E-state index contributed by atoms with van der Waals surface area (Å²) < 4.78 is 0.985. The van der Waals surface area contributed by atoms with Gasteiger partial charge in [0.15, 0.2) is 0 Å². The van der Waals surface area contributed by atoms with Gasteiger partial charge in [-0.05, 0) is 35.9 Å². The zero-order valence-electron chi connectivity index (χ0n) is 11.0. The molecule has 0 bridgehead atoms. The van der Waals surface area contributed by atoms with Crippen LogP contribution >= 0.6 is 27.5 Å². The molecule has 0 amide bonds. The summed E-state index contributed by atoms with van der Waals surface area (Å²) in [7, 11) is 4.07. The Balaban J connectivity index is 2.02. The normalized spacial score (nSPS) is 10.3. The maximum atomic E-state index is 6.16. The maximum absolute atomic E-state index is 6.16. The number of anilines is 2. The van der Waals surface area contributed by atoms with Crippen LogP contribution in [-0.2, 0) is 6.54 Å². The van der Waals surface area contributed by atoms with E-state index in [4.69, 9.17) is 11.6 Å². The van der Waals surface area contributed by atoms with Crippen LogP contribution in [0, 0.1) is 0 Å². The quantitative estimate of drug-likeness (QED) is 0.862. The van der Waals surface area contributed by atoms with E-state index in [9.17, 15) is 0 Å². The lowest BCUT2D eigenvalue weighted by atomic mass is 10.2. The second-order valence-electron chi connectivity index (χ2n) is 4.54. The molecule has 0 aromatic heterocycles. The van der Waals surface area contributed by atoms with E-state index in [0.717, 1.165) is 21.7 Å². The van der Waals surface area contributed by atoms with Gasteiger partial charge >= 0.3 is 0 Å². The zero-order valence-corrected chi connectivity index (χ0v) is 13.3. The molecule has 2 aromatic carbocycles. The van der Waals surface area contributed by atoms with Crippen molar-refractivity contribution in [2.75, 3.05) is 24.3 Å². The van der Waals surface area contributed by atoms with Gasteiger partial charge in [0.1, 0.15) is 0 Å². The Labute approximate surface area is 127 Å². The molecule has 0 radical (unpaired) electrons. The minimum atomic E-state index is 0.722. The van der Waals surface area contributed by atoms with Gasteiger partial charge in [0.05, 0.1) is 10.7 Å². The monoisotopic (exact) mass is 338 g/mol. The second kappa shape index (κ2) is 6.31. The van der Waals surface area contributed by atoms with E-state index in [2.05, 4.69) is 50.4 Å². The lowest BCUT2D eigenvalue weighted by Crippen LogP contribution is -2.08. The molecule has 0 aliphatic heterocycles. The van der Waals surface area contributed by atoms with Gasteiger partial charge in [-0.1, -0.05) is 39.7 Å². The maximum Gasteiger partial charge on any atom is 0.0648 e. The highest BCUT2D eigenvalue weighted by molar-refractivity contribution is 9.10. The summed E-state index contributed by atoms with van der Waals surface area (Å²) in [5, 5.41) is 4.06. The molecule has 0 unspecified atom stereocenters. The summed E-state index contributed by atoms with van der Waals surface area (Å²) in [6, 6.07) is 14.3. The lowest BCUT2D eigenvalue weighted by Gasteiger charge is -2.13. The van der Waals surface area contributed by atoms with Gasteiger partial charge in [0, 0.05) is 30.8 Å². The smallest absolute Gasteiger partial charge is 0.0648 e. The first kappa shape index (κ1) is 14.2. The highest BCUT2D eigenvalue weighted by Gasteiger charge is 2.01. The summed E-state index contributed by atoms with van der Waals surface area (Å²) in [6.45, 7) is 0.759. The lowest BCUT2D eigenvalue weighted by molar-refractivity contribution is 1.11. The Morgan fingerprint density at radius 1 is 1.11 bits per heavy atom. The van der Waals surface area contributed by atoms with Crippen molar-refractivity contribution in [3.05, 3.63) is 57.5 Å². The highest BCUT2D eigenvalue weighted by atomic mass is 79.9. The molecular weight excluding hydrogens is 324 g/mol. The van der Waals surface area contributed by atoms with Gasteiger partial charge in [-0.2, -0.15) is 0 Å². The average molecular weight is 340 g/mol. The first-order valence-corrected chi connectivity index (χ1v) is 7.18. The van der Waals surface area contributed by atoms with E-state index in [1.165, 1.54) is 11.3 Å². The van der Waals surface area contributed by atoms with Crippen molar-refractivity contribution in [3.8, 4) is 0 Å². The number of nitrogens with one attached hydrogen (secondary N) is 1. The molecule has 0 atom stereocenters. The number of hydrogen-bond donors (Lipinski definition) is 1. The van der Waals surface area contributed by atoms with E-state index < -0.39 is 0 Å². The van der Waals surface area contributed by atoms with Gasteiger partial charge in [-0.15, -0.1) is 0 Å². The first-order chi connectivity index (χ1) is 9.06. The van der Waals surface area contributed by atoms with Crippen LogP contribution in [-0.4, -0.2) is 14.1 Å². The van der Waals surface area contributed by atoms with Crippen molar-refractivity contribution in [2.45, 2.75) is 6.54 Å². The third-order valence-corrected chi connectivity index (χ3v) is 3.67. The van der Waals surface area contributed by atoms with Crippen LogP contribution in [0.5, 0.6) is 0 Å². The average Bonchev–Trinajstić information content (AvgIpc) is 2.38. The van der Waals surface area contributed by atoms with Crippen molar-refractivity contribution in [3.63, 3.8) is 0 Å². The second-order valence-corrected chi connectivity index (χ2v) is 5.86. The van der Waals surface area contributed by atoms with Crippen LogP contribution in [0.15, 0.2) is 46.9 Å². The Morgan fingerprint density at radius 3 is 2.37 bits per heavy atom. The Bertz CT molecular complexity index is 553. The number of rotatable bonds is 4. The predicted molar refractivity (Wildman–Crippen MR) is 87.2 cm³/mol. The van der Waals surface area contributed by atoms with E-state index in [1.807, 2.05) is 32.3 Å². The van der Waals surface area contributed by atoms with E-state index in [1.54, 1.807) is 0 Å². The summed E-state index contributed by atoms with van der Waals surface area (Å²) in [6.07, 6.45) is 0. The van der Waals surface area contributed by atoms with Gasteiger partial charge in [0.2, 0.25) is 0 Å². The van der Waals surface area contributed by atoms with Crippen LogP contribution in [0.3, 0.4) is 0 Å². The van der Waals surface area contributed by atoms with Crippen LogP contribution in [0.4, 0.5) is 11.4 Å². The Hall–Kier alpha value is -1.19. The molecule has 0 heterocycles. The molecule has 2 rings (SSSR count). The molecule has 4 heteroatoms. The fraction of sp³-hybridized carbons (Fsp3) is 0.200. The first-order valence-electron chi connectivity index (χ1n) is 6.01. The number of nitrogens with zero attached hydrogens (tertiary/aromatic N) is 1. The fourth-order valence-corrected chi connectivity index (χ4v) is 2.48. The van der Waals surface area contributed by atoms with Crippen molar-refractivity contribution >= 4 is 38.9 Å². The third kappa shape index (κ3) is 3.88. The predicted octanol–water partition coefficient (Wildman–Crippen LogP) is 4.78. The van der Waals surface area contributed by atoms with Gasteiger partial charge in [-0.3, -0.25) is 0 Å². The van der Waals surface area contributed by atoms with Crippen molar-refractivity contribution in [1.82, 2.24) is 0 Å². The topological polar surface area (TPSA) is 15.3 Å². The van der Waals surface area contributed by atoms with Gasteiger partial charge in [-0.25, -0.2) is 0 Å². The molecule has 1 N–H and O–H groups in total. The SMILES string of the molecule is CN(C)c1ccc(CNc2ccc(Br)cc2Cl)cc1. The summed E-state index contributed by atoms with van der Waals surface area (Å²) in [4.78, 5) is 2.09. The molecule has 2 nitrogen and oxygen atoms in total. The molecular formula is C15H16BrClN2. The number of hydrogen-bond acceptors (Lipinski definition) is 2. The third-order valence-electron chi connectivity index (χ3n) is 2.87. The van der Waals surface area contributed by atoms with Crippen molar-refractivity contribution in [2.24, 2.45) is 0 Å². The zero-order chi connectivity index (χ0) is 13.8. The van der Waals surface area contributed by atoms with Crippen LogP contribution < -0.4 is 10.2 Å². The largest absolute Gasteiger partial charge is 0.380 e. The van der Waals surface area contributed by atoms with Crippen LogP contribution in [0.25, 0.3) is 0 Å². The summed E-state index contributed by atoms with van der Waals surface area (Å²) >= 11 is 9.56.